The number of aliphatic hydroxyl groups excluding tert-OH is 1. The standard InChI is InChI=1S/C44H55N4O8P/c1-3-5-24-55-57(53,56-25-6-4-2)31-54-38-21-18-33(19-22-38)28-40-41(49)39(23-20-32-12-8-7-9-13-32)47(29-34-14-10-16-36(26-34)42(45)50)44(52)48(40)30-35-15-11-17-37(27-35)43(46)51/h7-19,21-22,26-27,39-41,49H,3-6,20,23-25,28-31H2,1-2H3,(H2,45,50)(H2,46,51)/t39-,40-,41-/m1/s1. The molecule has 1 aliphatic rings. The number of aryl methyl sites for hydroxylation is 1. The molecule has 0 bridgehead atoms. The van der Waals surface area contributed by atoms with Crippen molar-refractivity contribution in [2.24, 2.45) is 11.5 Å². The first kappa shape index (κ1) is 43.1. The van der Waals surface area contributed by atoms with Crippen LogP contribution in [-0.4, -0.2) is 70.5 Å². The molecule has 1 aliphatic heterocycles. The Balaban J connectivity index is 1.44. The molecule has 1 saturated heterocycles. The van der Waals surface area contributed by atoms with Gasteiger partial charge in [-0.3, -0.25) is 14.2 Å². The lowest BCUT2D eigenvalue weighted by molar-refractivity contribution is -0.0453. The number of carbonyl (C=O) groups excluding carboxylic acids is 3. The van der Waals surface area contributed by atoms with Crippen LogP contribution in [0.25, 0.3) is 0 Å². The zero-order valence-corrected chi connectivity index (χ0v) is 33.7. The highest BCUT2D eigenvalue weighted by atomic mass is 31.2. The van der Waals surface area contributed by atoms with Crippen LogP contribution in [0, 0.1) is 0 Å². The zero-order valence-electron chi connectivity index (χ0n) is 32.8. The first-order chi connectivity index (χ1) is 27.5. The van der Waals surface area contributed by atoms with Crippen LogP contribution in [0.3, 0.4) is 0 Å². The number of hydrogen-bond acceptors (Lipinski definition) is 8. The maximum absolute atomic E-state index is 14.8. The summed E-state index contributed by atoms with van der Waals surface area (Å²) in [6, 6.07) is 29.2. The average Bonchev–Trinajstić information content (AvgIpc) is 3.21. The highest BCUT2D eigenvalue weighted by Crippen LogP contribution is 2.48. The van der Waals surface area contributed by atoms with E-state index >= 15 is 0 Å². The van der Waals surface area contributed by atoms with E-state index in [1.54, 1.807) is 58.3 Å². The van der Waals surface area contributed by atoms with E-state index in [0.717, 1.165) is 36.8 Å². The van der Waals surface area contributed by atoms with Crippen LogP contribution in [0.2, 0.25) is 0 Å². The van der Waals surface area contributed by atoms with Crippen molar-refractivity contribution in [2.75, 3.05) is 19.6 Å². The molecule has 3 atom stereocenters. The molecule has 5 N–H and O–H groups in total. The van der Waals surface area contributed by atoms with E-state index in [1.807, 2.05) is 68.4 Å². The Kier molecular flexibility index (Phi) is 15.9. The summed E-state index contributed by atoms with van der Waals surface area (Å²) in [5.74, 6) is -0.693. The molecule has 0 radical (unpaired) electrons. The van der Waals surface area contributed by atoms with Crippen LogP contribution < -0.4 is 16.2 Å². The van der Waals surface area contributed by atoms with Gasteiger partial charge in [-0.15, -0.1) is 0 Å². The SMILES string of the molecule is CCCCOP(=O)(COc1ccc(C[C@@H]2[C@H](O)[C@@H](CCc3ccccc3)N(Cc3cccc(C(N)=O)c3)C(=O)N2Cc2cccc(C(N)=O)c2)cc1)OCCCC. The molecule has 304 valence electrons. The number of primary amides is 2. The molecule has 12 nitrogen and oxygen atoms in total. The third-order valence-electron chi connectivity index (χ3n) is 10.1. The first-order valence-electron chi connectivity index (χ1n) is 19.7. The smallest absolute Gasteiger partial charge is 0.367 e. The summed E-state index contributed by atoms with van der Waals surface area (Å²) in [7, 11) is -3.48. The van der Waals surface area contributed by atoms with Crippen LogP contribution in [0.4, 0.5) is 4.79 Å². The van der Waals surface area contributed by atoms with E-state index < -0.39 is 37.6 Å². The van der Waals surface area contributed by atoms with Gasteiger partial charge in [-0.2, -0.15) is 0 Å². The van der Waals surface area contributed by atoms with E-state index in [2.05, 4.69) is 0 Å². The first-order valence-corrected chi connectivity index (χ1v) is 21.4. The van der Waals surface area contributed by atoms with Crippen molar-refractivity contribution >= 4 is 25.4 Å². The Morgan fingerprint density at radius 2 is 1.23 bits per heavy atom. The topological polar surface area (TPSA) is 175 Å². The number of benzene rings is 4. The minimum absolute atomic E-state index is 0.0947. The molecule has 0 saturated carbocycles. The number of nitrogens with two attached hydrogens (primary N) is 2. The van der Waals surface area contributed by atoms with Crippen molar-refractivity contribution in [3.05, 3.63) is 137 Å². The van der Waals surface area contributed by atoms with Gasteiger partial charge < -0.3 is 40.2 Å². The predicted octanol–water partition coefficient (Wildman–Crippen LogP) is 7.46. The second-order valence-electron chi connectivity index (χ2n) is 14.4. The van der Waals surface area contributed by atoms with E-state index in [1.165, 1.54) is 0 Å². The van der Waals surface area contributed by atoms with Gasteiger partial charge >= 0.3 is 13.6 Å². The second-order valence-corrected chi connectivity index (χ2v) is 16.4. The van der Waals surface area contributed by atoms with Crippen LogP contribution in [0.1, 0.15) is 88.9 Å². The van der Waals surface area contributed by atoms with Gasteiger partial charge in [0.25, 0.3) is 0 Å². The molecule has 0 spiro atoms. The number of hydrogen-bond donors (Lipinski definition) is 3. The molecule has 13 heteroatoms. The number of carbonyl (C=O) groups is 3. The number of rotatable bonds is 22. The minimum atomic E-state index is -3.48. The van der Waals surface area contributed by atoms with Gasteiger partial charge in [-0.1, -0.05) is 93.4 Å². The molecule has 1 fully saturated rings. The van der Waals surface area contributed by atoms with Crippen LogP contribution in [-0.2, 0) is 39.5 Å². The van der Waals surface area contributed by atoms with Crippen LogP contribution >= 0.6 is 7.60 Å². The molecule has 1 heterocycles. The molecule has 0 aromatic heterocycles. The molecule has 0 aliphatic carbocycles. The largest absolute Gasteiger partial charge is 0.481 e. The Labute approximate surface area is 335 Å². The molecule has 5 rings (SSSR count). The van der Waals surface area contributed by atoms with E-state index in [9.17, 15) is 24.1 Å². The fourth-order valence-corrected chi connectivity index (χ4v) is 8.27. The number of aliphatic hydroxyl groups is 1. The summed E-state index contributed by atoms with van der Waals surface area (Å²) in [5.41, 5.74) is 15.1. The fraction of sp³-hybridized carbons (Fsp3) is 0.386. The minimum Gasteiger partial charge on any atom is -0.481 e. The van der Waals surface area contributed by atoms with Crippen molar-refractivity contribution in [1.82, 2.24) is 9.80 Å². The maximum atomic E-state index is 14.8. The van der Waals surface area contributed by atoms with E-state index in [0.29, 0.717) is 60.5 Å². The monoisotopic (exact) mass is 798 g/mol. The highest BCUT2D eigenvalue weighted by Gasteiger charge is 2.45. The van der Waals surface area contributed by atoms with Gasteiger partial charge in [-0.05, 0) is 90.8 Å². The van der Waals surface area contributed by atoms with Crippen LogP contribution in [0.5, 0.6) is 5.75 Å². The van der Waals surface area contributed by atoms with E-state index in [4.69, 9.17) is 25.3 Å². The van der Waals surface area contributed by atoms with Crippen molar-refractivity contribution in [2.45, 2.75) is 90.1 Å². The van der Waals surface area contributed by atoms with Crippen molar-refractivity contribution in [3.8, 4) is 5.75 Å². The van der Waals surface area contributed by atoms with E-state index in [-0.39, 0.29) is 25.5 Å². The van der Waals surface area contributed by atoms with Gasteiger partial charge in [0.15, 0.2) is 6.35 Å². The molecular formula is C44H55N4O8P. The predicted molar refractivity (Wildman–Crippen MR) is 220 cm³/mol. The fourth-order valence-electron chi connectivity index (χ4n) is 6.92. The molecule has 57 heavy (non-hydrogen) atoms. The summed E-state index contributed by atoms with van der Waals surface area (Å²) in [4.78, 5) is 42.3. The number of urea groups is 1. The number of amides is 4. The third kappa shape index (κ3) is 12.2. The summed E-state index contributed by atoms with van der Waals surface area (Å²) in [5, 5.41) is 12.4. The molecule has 4 amide bonds. The summed E-state index contributed by atoms with van der Waals surface area (Å²) in [6.45, 7) is 4.91. The summed E-state index contributed by atoms with van der Waals surface area (Å²) >= 11 is 0. The normalized spacial score (nSPS) is 17.1. The molecule has 4 aromatic carbocycles. The maximum Gasteiger partial charge on any atom is 0.367 e. The molecular weight excluding hydrogens is 743 g/mol. The summed E-state index contributed by atoms with van der Waals surface area (Å²) in [6.07, 6.45) is 3.45. The third-order valence-corrected chi connectivity index (χ3v) is 11.7. The van der Waals surface area contributed by atoms with Crippen molar-refractivity contribution in [3.63, 3.8) is 0 Å². The van der Waals surface area contributed by atoms with Crippen molar-refractivity contribution in [1.29, 1.82) is 0 Å². The Hall–Kier alpha value is -5.00. The number of nitrogens with zero attached hydrogens (tertiary/aromatic N) is 2. The lowest BCUT2D eigenvalue weighted by Gasteiger charge is -2.49. The highest BCUT2D eigenvalue weighted by molar-refractivity contribution is 7.53. The molecule has 0 unspecified atom stereocenters. The lowest BCUT2D eigenvalue weighted by atomic mass is 9.88. The zero-order chi connectivity index (χ0) is 40.8. The number of unbranched alkanes of at least 4 members (excludes halogenated alkanes) is 2. The van der Waals surface area contributed by atoms with Gasteiger partial charge in [0.2, 0.25) is 11.8 Å². The summed E-state index contributed by atoms with van der Waals surface area (Å²) < 4.78 is 30.7. The van der Waals surface area contributed by atoms with Crippen LogP contribution in [0.15, 0.2) is 103 Å². The van der Waals surface area contributed by atoms with Crippen molar-refractivity contribution < 1.29 is 37.8 Å². The van der Waals surface area contributed by atoms with Gasteiger partial charge in [-0.25, -0.2) is 4.79 Å². The van der Waals surface area contributed by atoms with Gasteiger partial charge in [0.05, 0.1) is 31.4 Å². The lowest BCUT2D eigenvalue weighted by Crippen LogP contribution is -2.66. The van der Waals surface area contributed by atoms with Gasteiger partial charge in [0, 0.05) is 24.2 Å². The number of ether oxygens (including phenoxy) is 1. The molecule has 4 aromatic rings. The average molecular weight is 799 g/mol. The Morgan fingerprint density at radius 3 is 1.75 bits per heavy atom. The quantitative estimate of drug-likeness (QED) is 0.0543. The Bertz CT molecular complexity index is 1960. The van der Waals surface area contributed by atoms with Gasteiger partial charge in [0.1, 0.15) is 5.75 Å². The Morgan fingerprint density at radius 1 is 0.702 bits per heavy atom. The second kappa shape index (κ2) is 21.0.